The Morgan fingerprint density at radius 3 is 2.60 bits per heavy atom. The molecule has 1 N–H and O–H groups in total. The van der Waals surface area contributed by atoms with Crippen LogP contribution in [0.15, 0.2) is 45.8 Å². The van der Waals surface area contributed by atoms with Gasteiger partial charge in [-0.3, -0.25) is 0 Å². The number of hydrogen-bond donors (Lipinski definition) is 1. The smallest absolute Gasteiger partial charge is 0.340 e. The molecule has 160 valence electrons. The first kappa shape index (κ1) is 23.0. The summed E-state index contributed by atoms with van der Waals surface area (Å²) in [7, 11) is 3.84. The van der Waals surface area contributed by atoms with Crippen LogP contribution in [0.4, 0.5) is 0 Å². The number of halogens is 2. The average molecular weight is 512 g/mol. The van der Waals surface area contributed by atoms with Crippen molar-refractivity contribution in [3.63, 3.8) is 0 Å². The number of ether oxygens (including phenoxy) is 1. The van der Waals surface area contributed by atoms with Crippen molar-refractivity contribution in [1.29, 1.82) is 0 Å². The Hall–Kier alpha value is -1.67. The molecule has 0 aliphatic rings. The molecule has 0 atom stereocenters. The van der Waals surface area contributed by atoms with E-state index in [2.05, 4.69) is 15.9 Å². The first-order chi connectivity index (χ1) is 14.4. The minimum atomic E-state index is -0.406. The molecule has 0 saturated carbocycles. The second-order valence-electron chi connectivity index (χ2n) is 7.01. The second-order valence-corrected chi connectivity index (χ2v) is 9.15. The van der Waals surface area contributed by atoms with Crippen molar-refractivity contribution in [3.05, 3.63) is 57.7 Å². The fraction of sp³-hybridized carbons (Fsp3) is 0.318. The normalized spacial score (nSPS) is 11.4. The van der Waals surface area contributed by atoms with Gasteiger partial charge in [0.25, 0.3) is 0 Å². The maximum absolute atomic E-state index is 13.1. The van der Waals surface area contributed by atoms with Crippen LogP contribution < -0.4 is 0 Å². The Labute approximate surface area is 194 Å². The topological polar surface area (TPSA) is 54.7 Å². The number of hydrogen-bond acceptors (Lipinski definition) is 5. The van der Waals surface area contributed by atoms with Crippen LogP contribution in [0.2, 0.25) is 0 Å². The molecule has 2 aromatic carbocycles. The minimum absolute atomic E-state index is 0.121. The predicted octanol–water partition coefficient (Wildman–Crippen LogP) is 5.84. The number of rotatable bonds is 8. The summed E-state index contributed by atoms with van der Waals surface area (Å²) in [6.07, 6.45) is 0. The first-order valence-electron chi connectivity index (χ1n) is 9.50. The zero-order valence-electron chi connectivity index (χ0n) is 17.1. The highest BCUT2D eigenvalue weighted by molar-refractivity contribution is 9.10. The Kier molecular flexibility index (Phi) is 7.74. The van der Waals surface area contributed by atoms with E-state index < -0.39 is 5.97 Å². The van der Waals surface area contributed by atoms with Gasteiger partial charge in [-0.1, -0.05) is 18.2 Å². The number of aromatic nitrogens is 1. The zero-order valence-corrected chi connectivity index (χ0v) is 20.3. The van der Waals surface area contributed by atoms with Gasteiger partial charge < -0.3 is 19.3 Å². The van der Waals surface area contributed by atoms with Crippen molar-refractivity contribution in [2.45, 2.75) is 30.1 Å². The van der Waals surface area contributed by atoms with Gasteiger partial charge in [0.1, 0.15) is 5.75 Å². The number of phenols is 1. The second kappa shape index (κ2) is 10.1. The summed E-state index contributed by atoms with van der Waals surface area (Å²) in [6.45, 7) is 2.51. The molecule has 1 heterocycles. The fourth-order valence-corrected chi connectivity index (χ4v) is 5.12. The molecule has 8 heteroatoms. The lowest BCUT2D eigenvalue weighted by atomic mass is 10.0. The Morgan fingerprint density at radius 1 is 1.30 bits per heavy atom. The molecule has 3 aromatic rings. The number of alkyl halides is 1. The monoisotopic (exact) mass is 510 g/mol. The van der Waals surface area contributed by atoms with Gasteiger partial charge in [-0.05, 0) is 55.1 Å². The highest BCUT2D eigenvalue weighted by Crippen LogP contribution is 2.41. The fourth-order valence-electron chi connectivity index (χ4n) is 3.44. The van der Waals surface area contributed by atoms with E-state index in [4.69, 9.17) is 16.3 Å². The molecule has 1 aromatic heterocycles. The number of nitrogens with zero attached hydrogens (tertiary/aromatic N) is 2. The lowest BCUT2D eigenvalue weighted by Crippen LogP contribution is -2.13. The average Bonchev–Trinajstić information content (AvgIpc) is 3.03. The van der Waals surface area contributed by atoms with Gasteiger partial charge in [0.15, 0.2) is 0 Å². The molecule has 30 heavy (non-hydrogen) atoms. The number of fused-ring (bicyclic) bond motifs is 1. The van der Waals surface area contributed by atoms with Crippen LogP contribution in [-0.2, 0) is 23.0 Å². The summed E-state index contributed by atoms with van der Waals surface area (Å²) >= 11 is 11.4. The SMILES string of the molecule is CCOC(=O)c1c(CSc2ccccc2)n(CCl)c2cc(Br)c(O)c(CN(C)C)c12. The van der Waals surface area contributed by atoms with Crippen LogP contribution in [0.1, 0.15) is 28.5 Å². The van der Waals surface area contributed by atoms with Crippen LogP contribution in [0, 0.1) is 0 Å². The third-order valence-corrected chi connectivity index (χ3v) is 6.55. The lowest BCUT2D eigenvalue weighted by molar-refractivity contribution is 0.0527. The summed E-state index contributed by atoms with van der Waals surface area (Å²) in [4.78, 5) is 16.1. The van der Waals surface area contributed by atoms with Crippen molar-refractivity contribution in [2.24, 2.45) is 0 Å². The van der Waals surface area contributed by atoms with Gasteiger partial charge in [-0.2, -0.15) is 0 Å². The maximum Gasteiger partial charge on any atom is 0.340 e. The molecular formula is C22H24BrClN2O3S. The minimum Gasteiger partial charge on any atom is -0.506 e. The van der Waals surface area contributed by atoms with Crippen molar-refractivity contribution >= 4 is 56.2 Å². The van der Waals surface area contributed by atoms with Gasteiger partial charge in [0, 0.05) is 33.8 Å². The van der Waals surface area contributed by atoms with Gasteiger partial charge in [-0.15, -0.1) is 23.4 Å². The Bertz CT molecular complexity index is 1050. The van der Waals surface area contributed by atoms with Gasteiger partial charge in [0.2, 0.25) is 0 Å². The van der Waals surface area contributed by atoms with E-state index in [1.807, 2.05) is 60.0 Å². The molecule has 0 saturated heterocycles. The van der Waals surface area contributed by atoms with Crippen LogP contribution in [0.5, 0.6) is 5.75 Å². The van der Waals surface area contributed by atoms with E-state index >= 15 is 0 Å². The Balaban J connectivity index is 2.27. The first-order valence-corrected chi connectivity index (χ1v) is 11.8. The van der Waals surface area contributed by atoms with Crippen LogP contribution in [0.3, 0.4) is 0 Å². The highest BCUT2D eigenvalue weighted by atomic mass is 79.9. The molecule has 0 fully saturated rings. The number of carbonyl (C=O) groups is 1. The molecule has 0 aliphatic heterocycles. The molecule has 0 spiro atoms. The maximum atomic E-state index is 13.1. The molecular weight excluding hydrogens is 488 g/mol. The van der Waals surface area contributed by atoms with E-state index in [0.29, 0.717) is 33.3 Å². The van der Waals surface area contributed by atoms with Gasteiger partial charge >= 0.3 is 5.97 Å². The Morgan fingerprint density at radius 2 is 2.00 bits per heavy atom. The predicted molar refractivity (Wildman–Crippen MR) is 127 cm³/mol. The van der Waals surface area contributed by atoms with Gasteiger partial charge in [0.05, 0.1) is 28.2 Å². The van der Waals surface area contributed by atoms with Crippen LogP contribution >= 0.6 is 39.3 Å². The molecule has 0 aliphatic carbocycles. The summed E-state index contributed by atoms with van der Waals surface area (Å²) in [5.74, 6) is 0.256. The molecule has 5 nitrogen and oxygen atoms in total. The van der Waals surface area contributed by atoms with Crippen molar-refractivity contribution in [3.8, 4) is 5.75 Å². The van der Waals surface area contributed by atoms with E-state index in [1.54, 1.807) is 18.7 Å². The number of thioether (sulfide) groups is 1. The van der Waals surface area contributed by atoms with Crippen LogP contribution in [0.25, 0.3) is 10.9 Å². The van der Waals surface area contributed by atoms with E-state index in [-0.39, 0.29) is 18.4 Å². The molecule has 0 bridgehead atoms. The number of esters is 1. The van der Waals surface area contributed by atoms with E-state index in [1.165, 1.54) is 0 Å². The van der Waals surface area contributed by atoms with Crippen molar-refractivity contribution < 1.29 is 14.6 Å². The quantitative estimate of drug-likeness (QED) is 0.234. The standard InChI is InChI=1S/C22H24BrClN2O3S/c1-4-29-22(28)20-18(12-30-14-8-6-5-7-9-14)26(13-24)17-10-16(23)21(27)15(19(17)20)11-25(2)3/h5-10,27H,4,11-13H2,1-3H3. The largest absolute Gasteiger partial charge is 0.506 e. The van der Waals surface area contributed by atoms with Crippen molar-refractivity contribution in [1.82, 2.24) is 9.47 Å². The lowest BCUT2D eigenvalue weighted by Gasteiger charge is -2.15. The van der Waals surface area contributed by atoms with E-state index in [9.17, 15) is 9.90 Å². The summed E-state index contributed by atoms with van der Waals surface area (Å²) in [5.41, 5.74) is 2.71. The summed E-state index contributed by atoms with van der Waals surface area (Å²) in [5, 5.41) is 11.5. The summed E-state index contributed by atoms with van der Waals surface area (Å²) in [6, 6.07) is 12.0. The number of aromatic hydroxyl groups is 1. The molecule has 0 radical (unpaired) electrons. The third-order valence-electron chi connectivity index (χ3n) is 4.68. The number of carbonyl (C=O) groups excluding carboxylic acids is 1. The number of phenolic OH excluding ortho intramolecular Hbond substituents is 1. The van der Waals surface area contributed by atoms with Crippen LogP contribution in [-0.4, -0.2) is 41.2 Å². The molecule has 0 unspecified atom stereocenters. The highest BCUT2D eigenvalue weighted by Gasteiger charge is 2.28. The number of benzene rings is 2. The van der Waals surface area contributed by atoms with Gasteiger partial charge in [-0.25, -0.2) is 4.79 Å². The molecule has 3 rings (SSSR count). The van der Waals surface area contributed by atoms with E-state index in [0.717, 1.165) is 16.1 Å². The summed E-state index contributed by atoms with van der Waals surface area (Å²) < 4.78 is 7.89. The third kappa shape index (κ3) is 4.64. The zero-order chi connectivity index (χ0) is 21.8. The molecule has 0 amide bonds. The van der Waals surface area contributed by atoms with Crippen molar-refractivity contribution in [2.75, 3.05) is 20.7 Å².